The lowest BCUT2D eigenvalue weighted by Gasteiger charge is -2.35. The molecular weight excluding hydrogens is 240 g/mol. The highest BCUT2D eigenvalue weighted by Crippen LogP contribution is 2.33. The van der Waals surface area contributed by atoms with Gasteiger partial charge in [-0.1, -0.05) is 39.5 Å². The van der Waals surface area contributed by atoms with E-state index in [-0.39, 0.29) is 6.10 Å². The number of unbranched alkanes of at least 4 members (excludes halogenated alkanes) is 1. The summed E-state index contributed by atoms with van der Waals surface area (Å²) in [6.45, 7) is 12.2. The van der Waals surface area contributed by atoms with E-state index in [0.717, 1.165) is 44.9 Å². The van der Waals surface area contributed by atoms with Crippen molar-refractivity contribution in [3.63, 3.8) is 0 Å². The Kier molecular flexibility index (Phi) is 9.99. The molecule has 1 N–H and O–H groups in total. The van der Waals surface area contributed by atoms with Crippen molar-refractivity contribution >= 4 is 0 Å². The molecule has 0 atom stereocenters. The Bertz CT molecular complexity index is 247. The Balaban J connectivity index is 0.000000555. The fraction of sp³-hybridized carbons (Fsp3) is 0.625. The van der Waals surface area contributed by atoms with Crippen LogP contribution in [0.25, 0.3) is 0 Å². The Morgan fingerprint density at radius 3 is 2.11 bits per heavy atom. The van der Waals surface area contributed by atoms with Crippen LogP contribution in [0, 0.1) is 0 Å². The molecule has 0 heterocycles. The van der Waals surface area contributed by atoms with Gasteiger partial charge in [-0.05, 0) is 32.1 Å². The van der Waals surface area contributed by atoms with Crippen LogP contribution in [0.5, 0.6) is 0 Å². The van der Waals surface area contributed by atoms with Crippen LogP contribution in [0.3, 0.4) is 0 Å². The highest BCUT2D eigenvalue weighted by Gasteiger charge is 2.32. The van der Waals surface area contributed by atoms with Gasteiger partial charge in [0.15, 0.2) is 0 Å². The van der Waals surface area contributed by atoms with Gasteiger partial charge in [0, 0.05) is 0 Å². The summed E-state index contributed by atoms with van der Waals surface area (Å²) < 4.78 is 9.69. The maximum absolute atomic E-state index is 10.2. The molecule has 0 saturated heterocycles. The molecule has 19 heavy (non-hydrogen) atoms. The molecule has 0 aromatic rings. The third-order valence-corrected chi connectivity index (χ3v) is 3.34. The summed E-state index contributed by atoms with van der Waals surface area (Å²) >= 11 is 0. The van der Waals surface area contributed by atoms with Gasteiger partial charge in [0.25, 0.3) is 0 Å². The van der Waals surface area contributed by atoms with E-state index in [4.69, 9.17) is 4.74 Å². The van der Waals surface area contributed by atoms with Crippen molar-refractivity contribution in [2.75, 3.05) is 0 Å². The Labute approximate surface area is 117 Å². The number of ether oxygens (including phenoxy) is 2. The smallest absolute Gasteiger partial charge is 0.0980 e. The average Bonchev–Trinajstić information content (AvgIpc) is 2.42. The second-order valence-electron chi connectivity index (χ2n) is 4.80. The van der Waals surface area contributed by atoms with Crippen LogP contribution in [0.15, 0.2) is 38.5 Å². The zero-order valence-electron chi connectivity index (χ0n) is 12.1. The summed E-state index contributed by atoms with van der Waals surface area (Å²) in [6, 6.07) is 0. The van der Waals surface area contributed by atoms with Gasteiger partial charge < -0.3 is 14.6 Å². The molecule has 0 bridgehead atoms. The van der Waals surface area contributed by atoms with Crippen molar-refractivity contribution in [3.05, 3.63) is 38.5 Å². The molecule has 0 aliphatic heterocycles. The minimum Gasteiger partial charge on any atom is -0.499 e. The van der Waals surface area contributed by atoms with Gasteiger partial charge in [-0.15, -0.1) is 0 Å². The van der Waals surface area contributed by atoms with E-state index in [9.17, 15) is 5.11 Å². The van der Waals surface area contributed by atoms with Gasteiger partial charge in [-0.2, -0.15) is 0 Å². The molecule has 3 heteroatoms. The molecule has 110 valence electrons. The van der Waals surface area contributed by atoms with Crippen LogP contribution in [0.4, 0.5) is 0 Å². The quantitative estimate of drug-likeness (QED) is 0.700. The molecule has 0 spiro atoms. The molecule has 0 amide bonds. The molecule has 1 saturated carbocycles. The Morgan fingerprint density at radius 2 is 1.74 bits per heavy atom. The van der Waals surface area contributed by atoms with Gasteiger partial charge in [0.05, 0.1) is 30.5 Å². The normalized spacial score (nSPS) is 25.5. The lowest BCUT2D eigenvalue weighted by molar-refractivity contribution is -0.0415. The van der Waals surface area contributed by atoms with E-state index in [0.29, 0.717) is 0 Å². The van der Waals surface area contributed by atoms with Crippen LogP contribution < -0.4 is 0 Å². The fourth-order valence-electron chi connectivity index (χ4n) is 2.22. The first-order valence-corrected chi connectivity index (χ1v) is 6.98. The van der Waals surface area contributed by atoms with E-state index >= 15 is 0 Å². The zero-order valence-corrected chi connectivity index (χ0v) is 12.1. The molecule has 3 nitrogen and oxygen atoms in total. The summed E-state index contributed by atoms with van der Waals surface area (Å²) in [5, 5.41) is 10.2. The summed E-state index contributed by atoms with van der Waals surface area (Å²) in [5.74, 6) is 0. The van der Waals surface area contributed by atoms with E-state index in [1.54, 1.807) is 0 Å². The minimum atomic E-state index is -0.406. The maximum atomic E-state index is 10.2. The average molecular weight is 268 g/mol. The molecule has 0 radical (unpaired) electrons. The maximum Gasteiger partial charge on any atom is 0.0980 e. The Hall–Kier alpha value is -1.22. The van der Waals surface area contributed by atoms with Crippen molar-refractivity contribution in [1.82, 2.24) is 0 Å². The van der Waals surface area contributed by atoms with Crippen molar-refractivity contribution in [2.45, 2.75) is 63.6 Å². The van der Waals surface area contributed by atoms with Gasteiger partial charge in [-0.25, -0.2) is 0 Å². The first-order chi connectivity index (χ1) is 9.11. The van der Waals surface area contributed by atoms with Crippen molar-refractivity contribution < 1.29 is 14.6 Å². The predicted octanol–water partition coefficient (Wildman–Crippen LogP) is 4.30. The standard InChI is InChI=1S/C12H22O2.C4H6O/c1-3-5-8-12(13)9-6-11(7-10-12)14-4-2;1-3-5-4-2/h4,11,13H,2-3,5-10H2,1H3;3-4H,1-2H2. The SMILES string of the molecule is C=COC1CCC(O)(CCCC)CC1.C=COC=C. The molecular formula is C16H28O3. The monoisotopic (exact) mass is 268 g/mol. The van der Waals surface area contributed by atoms with Crippen LogP contribution in [0.2, 0.25) is 0 Å². The molecule has 0 aromatic heterocycles. The lowest BCUT2D eigenvalue weighted by Crippen LogP contribution is -2.36. The summed E-state index contributed by atoms with van der Waals surface area (Å²) in [7, 11) is 0. The lowest BCUT2D eigenvalue weighted by atomic mass is 9.80. The van der Waals surface area contributed by atoms with Gasteiger partial charge >= 0.3 is 0 Å². The minimum absolute atomic E-state index is 0.286. The van der Waals surface area contributed by atoms with Crippen molar-refractivity contribution in [1.29, 1.82) is 0 Å². The van der Waals surface area contributed by atoms with E-state index in [2.05, 4.69) is 31.4 Å². The number of hydrogen-bond acceptors (Lipinski definition) is 3. The van der Waals surface area contributed by atoms with Crippen molar-refractivity contribution in [3.8, 4) is 0 Å². The fourth-order valence-corrected chi connectivity index (χ4v) is 2.22. The van der Waals surface area contributed by atoms with Gasteiger partial charge in [0.1, 0.15) is 0 Å². The predicted molar refractivity (Wildman–Crippen MR) is 79.5 cm³/mol. The molecule has 1 aliphatic rings. The highest BCUT2D eigenvalue weighted by molar-refractivity contribution is 4.86. The molecule has 1 aliphatic carbocycles. The third-order valence-electron chi connectivity index (χ3n) is 3.34. The van der Waals surface area contributed by atoms with E-state index < -0.39 is 5.60 Å². The van der Waals surface area contributed by atoms with Crippen molar-refractivity contribution in [2.24, 2.45) is 0 Å². The highest BCUT2D eigenvalue weighted by atomic mass is 16.5. The first-order valence-electron chi connectivity index (χ1n) is 6.98. The first kappa shape index (κ1) is 17.8. The second-order valence-corrected chi connectivity index (χ2v) is 4.80. The topological polar surface area (TPSA) is 38.7 Å². The Morgan fingerprint density at radius 1 is 1.16 bits per heavy atom. The number of rotatable bonds is 7. The summed E-state index contributed by atoms with van der Waals surface area (Å²) in [5.41, 5.74) is -0.406. The second kappa shape index (κ2) is 10.7. The third kappa shape index (κ3) is 8.49. The number of hydrogen-bond donors (Lipinski definition) is 1. The molecule has 1 rings (SSSR count). The van der Waals surface area contributed by atoms with Crippen LogP contribution >= 0.6 is 0 Å². The van der Waals surface area contributed by atoms with Gasteiger partial charge in [-0.3, -0.25) is 0 Å². The molecule has 0 unspecified atom stereocenters. The van der Waals surface area contributed by atoms with Crippen LogP contribution in [0.1, 0.15) is 51.9 Å². The molecule has 0 aromatic carbocycles. The largest absolute Gasteiger partial charge is 0.499 e. The summed E-state index contributed by atoms with van der Waals surface area (Å²) in [6.07, 6.45) is 11.4. The van der Waals surface area contributed by atoms with Crippen LogP contribution in [-0.2, 0) is 9.47 Å². The van der Waals surface area contributed by atoms with Crippen LogP contribution in [-0.4, -0.2) is 16.8 Å². The summed E-state index contributed by atoms with van der Waals surface area (Å²) in [4.78, 5) is 0. The molecule has 1 fully saturated rings. The number of aliphatic hydroxyl groups is 1. The van der Waals surface area contributed by atoms with Gasteiger partial charge in [0.2, 0.25) is 0 Å². The van der Waals surface area contributed by atoms with E-state index in [1.807, 2.05) is 0 Å². The zero-order chi connectivity index (χ0) is 14.6. The van der Waals surface area contributed by atoms with E-state index in [1.165, 1.54) is 18.8 Å².